The van der Waals surface area contributed by atoms with E-state index in [0.717, 1.165) is 24.9 Å². The third-order valence-corrected chi connectivity index (χ3v) is 3.64. The molecule has 0 fully saturated rings. The van der Waals surface area contributed by atoms with Gasteiger partial charge in [0.05, 0.1) is 0 Å². The van der Waals surface area contributed by atoms with E-state index in [1.54, 1.807) is 11.1 Å². The molecule has 0 saturated carbocycles. The largest absolute Gasteiger partial charge is 0.379 e. The van der Waals surface area contributed by atoms with E-state index >= 15 is 0 Å². The number of hydrogen-bond donors (Lipinski definition) is 0. The van der Waals surface area contributed by atoms with Crippen molar-refractivity contribution in [3.8, 4) is 6.07 Å². The van der Waals surface area contributed by atoms with Gasteiger partial charge in [-0.25, -0.2) is 0 Å². The fraction of sp³-hybridized carbons (Fsp3) is 0.474. The molecule has 0 unspecified atom stereocenters. The van der Waals surface area contributed by atoms with Gasteiger partial charge >= 0.3 is 0 Å². The molecular weight excluding hydrogens is 286 g/mol. The first kappa shape index (κ1) is 18.8. The van der Waals surface area contributed by atoms with Gasteiger partial charge in [-0.05, 0) is 25.8 Å². The Labute approximate surface area is 140 Å². The van der Waals surface area contributed by atoms with Crippen LogP contribution in [-0.4, -0.2) is 35.3 Å². The molecule has 4 heteroatoms. The fourth-order valence-corrected chi connectivity index (χ4v) is 2.25. The number of rotatable bonds is 8. The molecule has 0 radical (unpaired) electrons. The van der Waals surface area contributed by atoms with Crippen LogP contribution in [0.15, 0.2) is 42.1 Å². The van der Waals surface area contributed by atoms with Crippen molar-refractivity contribution in [2.45, 2.75) is 46.2 Å². The van der Waals surface area contributed by atoms with Crippen LogP contribution in [0.3, 0.4) is 0 Å². The number of carbonyl (C=O) groups is 1. The zero-order chi connectivity index (χ0) is 17.2. The minimum atomic E-state index is -0.213. The second-order valence-electron chi connectivity index (χ2n) is 6.00. The molecule has 0 spiro atoms. The maximum atomic E-state index is 12.7. The molecule has 0 aliphatic heterocycles. The molecule has 0 heterocycles. The highest BCUT2D eigenvalue weighted by Crippen LogP contribution is 2.13. The quantitative estimate of drug-likeness (QED) is 0.544. The third kappa shape index (κ3) is 6.15. The Balaban J connectivity index is 2.90. The summed E-state index contributed by atoms with van der Waals surface area (Å²) in [5, 5.41) is 9.38. The van der Waals surface area contributed by atoms with Gasteiger partial charge in [-0.15, -0.1) is 0 Å². The molecule has 0 aromatic heterocycles. The van der Waals surface area contributed by atoms with Crippen molar-refractivity contribution in [2.24, 2.45) is 0 Å². The topological polar surface area (TPSA) is 47.3 Å². The van der Waals surface area contributed by atoms with Crippen molar-refractivity contribution in [3.05, 3.63) is 47.7 Å². The highest BCUT2D eigenvalue weighted by atomic mass is 16.2. The lowest BCUT2D eigenvalue weighted by atomic mass is 10.1. The number of amides is 1. The molecule has 1 amide bonds. The molecule has 0 N–H and O–H groups in total. The summed E-state index contributed by atoms with van der Waals surface area (Å²) >= 11 is 0. The lowest BCUT2D eigenvalue weighted by molar-refractivity contribution is -0.129. The van der Waals surface area contributed by atoms with Gasteiger partial charge in [0.1, 0.15) is 11.6 Å². The molecule has 1 aromatic carbocycles. The monoisotopic (exact) mass is 313 g/mol. The summed E-state index contributed by atoms with van der Waals surface area (Å²) < 4.78 is 0. The van der Waals surface area contributed by atoms with Crippen LogP contribution in [0.25, 0.3) is 0 Å². The first-order chi connectivity index (χ1) is 11.0. The molecule has 4 nitrogen and oxygen atoms in total. The van der Waals surface area contributed by atoms with E-state index in [2.05, 4.69) is 13.0 Å². The van der Waals surface area contributed by atoms with Crippen molar-refractivity contribution in [1.29, 1.82) is 5.26 Å². The van der Waals surface area contributed by atoms with Crippen LogP contribution in [0, 0.1) is 11.3 Å². The van der Waals surface area contributed by atoms with Gasteiger partial charge in [0.2, 0.25) is 0 Å². The Morgan fingerprint density at radius 2 is 1.96 bits per heavy atom. The van der Waals surface area contributed by atoms with E-state index in [-0.39, 0.29) is 17.5 Å². The number of carbonyl (C=O) groups excluding carboxylic acids is 1. The summed E-state index contributed by atoms with van der Waals surface area (Å²) in [4.78, 5) is 16.4. The summed E-state index contributed by atoms with van der Waals surface area (Å²) in [6.07, 6.45) is 3.79. The second kappa shape index (κ2) is 9.68. The Kier molecular flexibility index (Phi) is 7.90. The summed E-state index contributed by atoms with van der Waals surface area (Å²) in [5.74, 6) is -0.213. The van der Waals surface area contributed by atoms with E-state index in [4.69, 9.17) is 0 Å². The highest BCUT2D eigenvalue weighted by molar-refractivity contribution is 5.97. The molecular formula is C19H27N3O. The van der Waals surface area contributed by atoms with Crippen LogP contribution < -0.4 is 0 Å². The van der Waals surface area contributed by atoms with Gasteiger partial charge in [-0.2, -0.15) is 5.26 Å². The SMILES string of the molecule is CCCCN(C)/C=C(/C#N)C(=O)N(Cc1ccccc1)C(C)C. The van der Waals surface area contributed by atoms with E-state index < -0.39 is 0 Å². The van der Waals surface area contributed by atoms with Gasteiger partial charge in [0.25, 0.3) is 5.91 Å². The summed E-state index contributed by atoms with van der Waals surface area (Å²) in [6.45, 7) is 7.41. The van der Waals surface area contributed by atoms with E-state index in [1.807, 2.05) is 56.1 Å². The maximum absolute atomic E-state index is 12.7. The third-order valence-electron chi connectivity index (χ3n) is 3.64. The lowest BCUT2D eigenvalue weighted by Crippen LogP contribution is -2.37. The van der Waals surface area contributed by atoms with Crippen molar-refractivity contribution in [1.82, 2.24) is 9.80 Å². The van der Waals surface area contributed by atoms with Crippen LogP contribution >= 0.6 is 0 Å². The van der Waals surface area contributed by atoms with Crippen LogP contribution in [0.4, 0.5) is 0 Å². The standard InChI is InChI=1S/C19H27N3O/c1-5-6-12-21(4)15-18(13-20)19(23)22(16(2)3)14-17-10-8-7-9-11-17/h7-11,15-16H,5-6,12,14H2,1-4H3/b18-15-. The molecule has 0 aliphatic carbocycles. The predicted molar refractivity (Wildman–Crippen MR) is 93.4 cm³/mol. The zero-order valence-corrected chi connectivity index (χ0v) is 14.6. The number of benzene rings is 1. The summed E-state index contributed by atoms with van der Waals surface area (Å²) in [5.41, 5.74) is 1.25. The predicted octanol–water partition coefficient (Wildman–Crippen LogP) is 3.56. The Morgan fingerprint density at radius 3 is 2.48 bits per heavy atom. The number of hydrogen-bond acceptors (Lipinski definition) is 3. The highest BCUT2D eigenvalue weighted by Gasteiger charge is 2.21. The molecule has 0 saturated heterocycles. The number of nitriles is 1. The number of nitrogens with zero attached hydrogens (tertiary/aromatic N) is 3. The molecule has 23 heavy (non-hydrogen) atoms. The van der Waals surface area contributed by atoms with Crippen LogP contribution in [0.1, 0.15) is 39.2 Å². The first-order valence-electron chi connectivity index (χ1n) is 8.16. The van der Waals surface area contributed by atoms with Crippen molar-refractivity contribution < 1.29 is 4.79 Å². The first-order valence-corrected chi connectivity index (χ1v) is 8.16. The van der Waals surface area contributed by atoms with Gasteiger partial charge < -0.3 is 9.80 Å². The van der Waals surface area contributed by atoms with Crippen LogP contribution in [-0.2, 0) is 11.3 Å². The maximum Gasteiger partial charge on any atom is 0.266 e. The average Bonchev–Trinajstić information content (AvgIpc) is 2.55. The van der Waals surface area contributed by atoms with Crippen LogP contribution in [0.2, 0.25) is 0 Å². The summed E-state index contributed by atoms with van der Waals surface area (Å²) in [7, 11) is 1.90. The molecule has 1 aromatic rings. The Morgan fingerprint density at radius 1 is 1.30 bits per heavy atom. The van der Waals surface area contributed by atoms with Crippen molar-refractivity contribution in [3.63, 3.8) is 0 Å². The Bertz CT molecular complexity index is 558. The lowest BCUT2D eigenvalue weighted by Gasteiger charge is -2.27. The summed E-state index contributed by atoms with van der Waals surface area (Å²) in [6, 6.07) is 11.9. The zero-order valence-electron chi connectivity index (χ0n) is 14.6. The smallest absolute Gasteiger partial charge is 0.266 e. The number of unbranched alkanes of at least 4 members (excludes halogenated alkanes) is 1. The van der Waals surface area contributed by atoms with Crippen molar-refractivity contribution >= 4 is 5.91 Å². The molecule has 1 rings (SSSR count). The van der Waals surface area contributed by atoms with Crippen LogP contribution in [0.5, 0.6) is 0 Å². The minimum Gasteiger partial charge on any atom is -0.379 e. The normalized spacial score (nSPS) is 11.2. The molecule has 124 valence electrons. The van der Waals surface area contributed by atoms with Gasteiger partial charge in [-0.1, -0.05) is 43.7 Å². The Hall–Kier alpha value is -2.28. The minimum absolute atomic E-state index is 0.0282. The molecule has 0 bridgehead atoms. The van der Waals surface area contributed by atoms with Gasteiger partial charge in [0.15, 0.2) is 0 Å². The van der Waals surface area contributed by atoms with E-state index in [1.165, 1.54) is 0 Å². The van der Waals surface area contributed by atoms with E-state index in [0.29, 0.717) is 6.54 Å². The molecule has 0 atom stereocenters. The van der Waals surface area contributed by atoms with Gasteiger partial charge in [-0.3, -0.25) is 4.79 Å². The molecule has 0 aliphatic rings. The average molecular weight is 313 g/mol. The van der Waals surface area contributed by atoms with Gasteiger partial charge in [0, 0.05) is 32.4 Å². The fourth-order valence-electron chi connectivity index (χ4n) is 2.25. The second-order valence-corrected chi connectivity index (χ2v) is 6.00. The van der Waals surface area contributed by atoms with E-state index in [9.17, 15) is 10.1 Å². The van der Waals surface area contributed by atoms with Crippen molar-refractivity contribution in [2.75, 3.05) is 13.6 Å².